The van der Waals surface area contributed by atoms with Crippen LogP contribution in [0.2, 0.25) is 0 Å². The van der Waals surface area contributed by atoms with Gasteiger partial charge in [0, 0.05) is 43.6 Å². The molecule has 0 bridgehead atoms. The van der Waals surface area contributed by atoms with E-state index in [9.17, 15) is 0 Å². The van der Waals surface area contributed by atoms with Crippen molar-refractivity contribution in [3.8, 4) is 51.0 Å². The van der Waals surface area contributed by atoms with Gasteiger partial charge in [-0.25, -0.2) is 4.98 Å². The molecule has 302 valence electrons. The quantitative estimate of drug-likeness (QED) is 0.162. The predicted octanol–water partition coefficient (Wildman–Crippen LogP) is 16.0. The van der Waals surface area contributed by atoms with Crippen LogP contribution in [-0.4, -0.2) is 19.5 Å². The summed E-state index contributed by atoms with van der Waals surface area (Å²) < 4.78 is 8.77. The van der Waals surface area contributed by atoms with Gasteiger partial charge in [-0.15, -0.1) is 0 Å². The van der Waals surface area contributed by atoms with Crippen molar-refractivity contribution < 1.29 is 4.42 Å². The third kappa shape index (κ3) is 5.97. The standard InChI is InChI=1S/C57H34N4O.C2H6/c1-2-13-35(14-3-1)37-25-28-38(29-26-37)55-58-56(41-30-27-36-15-4-5-16-39(36)33-41)60-57(59-55)61-53-42(40-31-32-46-45-19-10-11-24-50(45)62-51(46)34-40)22-12-23-49(53)52-47-20-8-6-17-43(47)44-18-7-9-21-48(44)54(52)61;1-2/h1-34H;1-2H3. The Kier molecular flexibility index (Phi) is 8.87. The van der Waals surface area contributed by atoms with Crippen molar-refractivity contribution in [3.63, 3.8) is 0 Å². The van der Waals surface area contributed by atoms with E-state index in [1.807, 2.05) is 32.0 Å². The van der Waals surface area contributed by atoms with Crippen LogP contribution in [0.3, 0.4) is 0 Å². The topological polar surface area (TPSA) is 56.7 Å². The summed E-state index contributed by atoms with van der Waals surface area (Å²) in [5.41, 5.74) is 9.99. The van der Waals surface area contributed by atoms with E-state index in [2.05, 4.69) is 193 Å². The van der Waals surface area contributed by atoms with E-state index in [0.717, 1.165) is 93.3 Å². The highest BCUT2D eigenvalue weighted by atomic mass is 16.3. The van der Waals surface area contributed by atoms with Gasteiger partial charge in [0.15, 0.2) is 11.6 Å². The van der Waals surface area contributed by atoms with Gasteiger partial charge in [0.05, 0.1) is 11.0 Å². The molecule has 0 saturated carbocycles. The number of fused-ring (bicyclic) bond motifs is 12. The first-order valence-corrected chi connectivity index (χ1v) is 21.9. The minimum atomic E-state index is 0.544. The lowest BCUT2D eigenvalue weighted by Gasteiger charge is -2.14. The van der Waals surface area contributed by atoms with Crippen LogP contribution < -0.4 is 0 Å². The van der Waals surface area contributed by atoms with Crippen molar-refractivity contribution in [2.45, 2.75) is 13.8 Å². The molecule has 5 nitrogen and oxygen atoms in total. The van der Waals surface area contributed by atoms with E-state index < -0.39 is 0 Å². The molecule has 0 aliphatic rings. The minimum absolute atomic E-state index is 0.544. The lowest BCUT2D eigenvalue weighted by molar-refractivity contribution is 0.669. The van der Waals surface area contributed by atoms with Crippen molar-refractivity contribution in [2.24, 2.45) is 0 Å². The monoisotopic (exact) mass is 820 g/mol. The second kappa shape index (κ2) is 15.2. The van der Waals surface area contributed by atoms with Crippen LogP contribution in [0.15, 0.2) is 211 Å². The zero-order valence-electron chi connectivity index (χ0n) is 35.3. The summed E-state index contributed by atoms with van der Waals surface area (Å²) in [6.45, 7) is 4.00. The molecule has 0 fully saturated rings. The van der Waals surface area contributed by atoms with Crippen LogP contribution in [0.1, 0.15) is 13.8 Å². The van der Waals surface area contributed by atoms with Crippen LogP contribution in [-0.2, 0) is 0 Å². The van der Waals surface area contributed by atoms with Crippen molar-refractivity contribution in [1.82, 2.24) is 19.5 Å². The Morgan fingerprint density at radius 3 is 1.70 bits per heavy atom. The summed E-state index contributed by atoms with van der Waals surface area (Å²) in [7, 11) is 0. The molecule has 3 heterocycles. The fraction of sp³-hybridized carbons (Fsp3) is 0.0339. The molecule has 10 aromatic carbocycles. The first-order chi connectivity index (χ1) is 31.7. The van der Waals surface area contributed by atoms with Crippen molar-refractivity contribution >= 4 is 76.1 Å². The van der Waals surface area contributed by atoms with Gasteiger partial charge in [-0.3, -0.25) is 4.57 Å². The average molecular weight is 821 g/mol. The molecule has 0 atom stereocenters. The summed E-state index contributed by atoms with van der Waals surface area (Å²) in [4.78, 5) is 16.2. The summed E-state index contributed by atoms with van der Waals surface area (Å²) in [6, 6.07) is 72.7. The Bertz CT molecular complexity index is 3920. The van der Waals surface area contributed by atoms with Gasteiger partial charge < -0.3 is 4.42 Å². The number of para-hydroxylation sites is 2. The number of aromatic nitrogens is 4. The van der Waals surface area contributed by atoms with E-state index in [0.29, 0.717) is 17.6 Å². The largest absolute Gasteiger partial charge is 0.456 e. The zero-order valence-corrected chi connectivity index (χ0v) is 35.3. The molecule has 0 saturated heterocycles. The highest BCUT2D eigenvalue weighted by Crippen LogP contribution is 2.45. The molecule has 0 aliphatic carbocycles. The van der Waals surface area contributed by atoms with Gasteiger partial charge in [0.1, 0.15) is 11.2 Å². The molecule has 0 N–H and O–H groups in total. The van der Waals surface area contributed by atoms with E-state index >= 15 is 0 Å². The van der Waals surface area contributed by atoms with E-state index in [4.69, 9.17) is 19.4 Å². The molecule has 5 heteroatoms. The molecule has 0 unspecified atom stereocenters. The van der Waals surface area contributed by atoms with Gasteiger partial charge in [-0.05, 0) is 67.9 Å². The highest BCUT2D eigenvalue weighted by Gasteiger charge is 2.24. The van der Waals surface area contributed by atoms with Crippen LogP contribution >= 0.6 is 0 Å². The normalized spacial score (nSPS) is 11.6. The number of nitrogens with zero attached hydrogens (tertiary/aromatic N) is 4. The molecular weight excluding hydrogens is 781 g/mol. The lowest BCUT2D eigenvalue weighted by Crippen LogP contribution is -2.07. The van der Waals surface area contributed by atoms with Gasteiger partial charge in [0.2, 0.25) is 5.95 Å². The van der Waals surface area contributed by atoms with Gasteiger partial charge >= 0.3 is 0 Å². The van der Waals surface area contributed by atoms with E-state index in [1.54, 1.807) is 0 Å². The maximum absolute atomic E-state index is 6.47. The van der Waals surface area contributed by atoms with Crippen LogP contribution in [0.25, 0.3) is 127 Å². The molecule has 0 spiro atoms. The molecular formula is C59H40N4O. The number of rotatable bonds is 5. The Morgan fingerprint density at radius 2 is 0.906 bits per heavy atom. The van der Waals surface area contributed by atoms with Crippen molar-refractivity contribution in [3.05, 3.63) is 206 Å². The number of hydrogen-bond donors (Lipinski definition) is 0. The third-order valence-electron chi connectivity index (χ3n) is 12.4. The second-order valence-corrected chi connectivity index (χ2v) is 15.9. The van der Waals surface area contributed by atoms with Crippen molar-refractivity contribution in [2.75, 3.05) is 0 Å². The van der Waals surface area contributed by atoms with Crippen LogP contribution in [0.4, 0.5) is 0 Å². The maximum Gasteiger partial charge on any atom is 0.238 e. The van der Waals surface area contributed by atoms with Gasteiger partial charge in [-0.1, -0.05) is 196 Å². The third-order valence-corrected chi connectivity index (χ3v) is 12.4. The lowest BCUT2D eigenvalue weighted by atomic mass is 9.96. The van der Waals surface area contributed by atoms with Gasteiger partial charge in [0.25, 0.3) is 0 Å². The summed E-state index contributed by atoms with van der Waals surface area (Å²) in [5, 5.41) is 11.4. The molecule has 3 aromatic heterocycles. The minimum Gasteiger partial charge on any atom is -0.456 e. The Hall–Kier alpha value is -8.41. The van der Waals surface area contributed by atoms with E-state index in [1.165, 1.54) is 16.2 Å². The molecule has 13 aromatic rings. The molecule has 0 amide bonds. The number of furan rings is 1. The summed E-state index contributed by atoms with van der Waals surface area (Å²) >= 11 is 0. The van der Waals surface area contributed by atoms with E-state index in [-0.39, 0.29) is 0 Å². The first-order valence-electron chi connectivity index (χ1n) is 21.9. The predicted molar refractivity (Wildman–Crippen MR) is 267 cm³/mol. The van der Waals surface area contributed by atoms with Gasteiger partial charge in [-0.2, -0.15) is 9.97 Å². The number of hydrogen-bond acceptors (Lipinski definition) is 4. The first kappa shape index (κ1) is 37.4. The Morgan fingerprint density at radius 1 is 0.344 bits per heavy atom. The van der Waals surface area contributed by atoms with Crippen LogP contribution in [0.5, 0.6) is 0 Å². The Labute approximate surface area is 369 Å². The number of benzene rings is 10. The fourth-order valence-electron chi connectivity index (χ4n) is 9.55. The fourth-order valence-corrected chi connectivity index (χ4v) is 9.55. The average Bonchev–Trinajstić information content (AvgIpc) is 3.93. The molecule has 64 heavy (non-hydrogen) atoms. The molecule has 0 radical (unpaired) electrons. The summed E-state index contributed by atoms with van der Waals surface area (Å²) in [6.07, 6.45) is 0. The van der Waals surface area contributed by atoms with Crippen LogP contribution in [0, 0.1) is 0 Å². The molecule has 13 rings (SSSR count). The SMILES string of the molecule is CC.c1ccc(-c2ccc(-c3nc(-c4ccc5ccccc5c4)nc(-n4c5c(-c6ccc7c(c6)oc6ccccc67)cccc5c5c6ccccc6c6ccccc6c54)n3)cc2)cc1. The smallest absolute Gasteiger partial charge is 0.238 e. The van der Waals surface area contributed by atoms with Crippen molar-refractivity contribution in [1.29, 1.82) is 0 Å². The summed E-state index contributed by atoms with van der Waals surface area (Å²) in [5.74, 6) is 1.74. The highest BCUT2D eigenvalue weighted by molar-refractivity contribution is 6.33. The zero-order chi connectivity index (χ0) is 42.7. The second-order valence-electron chi connectivity index (χ2n) is 15.9. The molecule has 0 aliphatic heterocycles. The maximum atomic E-state index is 6.47. The Balaban J connectivity index is 0.00000214.